The number of hydrogen-bond donors (Lipinski definition) is 0. The van der Waals surface area contributed by atoms with Crippen molar-refractivity contribution in [3.63, 3.8) is 0 Å². The third-order valence-electron chi connectivity index (χ3n) is 7.32. The van der Waals surface area contributed by atoms with Crippen LogP contribution in [-0.2, 0) is 6.42 Å². The fourth-order valence-electron chi connectivity index (χ4n) is 5.63. The van der Waals surface area contributed by atoms with Gasteiger partial charge in [-0.2, -0.15) is 0 Å². The Labute approximate surface area is 205 Å². The van der Waals surface area contributed by atoms with Gasteiger partial charge in [-0.25, -0.2) is 0 Å². The zero-order valence-electron chi connectivity index (χ0n) is 19.4. The topological polar surface area (TPSA) is 0 Å². The van der Waals surface area contributed by atoms with Crippen LogP contribution < -0.4 is 10.4 Å². The van der Waals surface area contributed by atoms with Gasteiger partial charge in [0.15, 0.2) is 0 Å². The molecule has 0 spiro atoms. The maximum atomic E-state index is 2.41. The fraction of sp³-hybridized carbons (Fsp3) is 0.0286. The summed E-state index contributed by atoms with van der Waals surface area (Å²) in [5.74, 6) is 0. The lowest BCUT2D eigenvalue weighted by Gasteiger charge is -2.07. The van der Waals surface area contributed by atoms with Gasteiger partial charge in [-0.15, -0.1) is 0 Å². The molecule has 0 heterocycles. The van der Waals surface area contributed by atoms with E-state index in [1.807, 2.05) is 0 Å². The number of rotatable bonds is 2. The van der Waals surface area contributed by atoms with Gasteiger partial charge in [-0.3, -0.25) is 0 Å². The minimum absolute atomic E-state index is 0.972. The zero-order valence-corrected chi connectivity index (χ0v) is 19.4. The largest absolute Gasteiger partial charge is 0.0619 e. The van der Waals surface area contributed by atoms with Crippen molar-refractivity contribution in [2.45, 2.75) is 6.42 Å². The van der Waals surface area contributed by atoms with E-state index in [-0.39, 0.29) is 0 Å². The summed E-state index contributed by atoms with van der Waals surface area (Å²) in [6.45, 7) is 0. The molecule has 0 aromatic heterocycles. The molecule has 0 atom stereocenters. The van der Waals surface area contributed by atoms with Gasteiger partial charge < -0.3 is 0 Å². The van der Waals surface area contributed by atoms with Crippen molar-refractivity contribution in [1.29, 1.82) is 0 Å². The van der Waals surface area contributed by atoms with Crippen LogP contribution >= 0.6 is 0 Å². The standard InChI is InChI=1S/C35H24/c1-4-16-30-24(9-1)12-7-14-26(30)21-29-19-20-33-32-18-6-3-11-28(32)23-35(33)34(29)22-27-15-8-13-25-10-2-5-17-31(25)27/h1-22H,23H2. The summed E-state index contributed by atoms with van der Waals surface area (Å²) < 4.78 is 0. The summed E-state index contributed by atoms with van der Waals surface area (Å²) in [5.41, 5.74) is 8.09. The first-order valence-electron chi connectivity index (χ1n) is 12.2. The monoisotopic (exact) mass is 444 g/mol. The Morgan fingerprint density at radius 1 is 0.457 bits per heavy atom. The number of benzene rings is 6. The van der Waals surface area contributed by atoms with Crippen LogP contribution in [0.25, 0.3) is 44.8 Å². The molecule has 164 valence electrons. The van der Waals surface area contributed by atoms with E-state index < -0.39 is 0 Å². The molecule has 0 fully saturated rings. The molecule has 0 unspecified atom stereocenters. The minimum Gasteiger partial charge on any atom is -0.0619 e. The molecule has 0 radical (unpaired) electrons. The van der Waals surface area contributed by atoms with E-state index in [0.29, 0.717) is 0 Å². The molecule has 0 bridgehead atoms. The highest BCUT2D eigenvalue weighted by atomic mass is 14.2. The molecule has 6 aromatic rings. The molecule has 0 saturated heterocycles. The highest BCUT2D eigenvalue weighted by Crippen LogP contribution is 2.34. The third-order valence-corrected chi connectivity index (χ3v) is 7.32. The van der Waals surface area contributed by atoms with Gasteiger partial charge >= 0.3 is 0 Å². The van der Waals surface area contributed by atoms with Crippen molar-refractivity contribution in [3.8, 4) is 11.1 Å². The highest BCUT2D eigenvalue weighted by molar-refractivity contribution is 5.92. The Kier molecular flexibility index (Phi) is 4.63. The summed E-state index contributed by atoms with van der Waals surface area (Å²) in [7, 11) is 0. The van der Waals surface area contributed by atoms with Crippen molar-refractivity contribution in [3.05, 3.63) is 154 Å². The van der Waals surface area contributed by atoms with Crippen LogP contribution in [0.15, 0.2) is 121 Å². The van der Waals surface area contributed by atoms with Crippen LogP contribution in [0, 0.1) is 0 Å². The second-order valence-corrected chi connectivity index (χ2v) is 9.35. The first-order chi connectivity index (χ1) is 17.3. The second-order valence-electron chi connectivity index (χ2n) is 9.35. The van der Waals surface area contributed by atoms with Crippen LogP contribution in [0.3, 0.4) is 0 Å². The van der Waals surface area contributed by atoms with Crippen molar-refractivity contribution in [2.24, 2.45) is 0 Å². The molecule has 1 aliphatic carbocycles. The molecule has 0 amide bonds. The van der Waals surface area contributed by atoms with Gasteiger partial charge in [0.05, 0.1) is 0 Å². The molecule has 7 rings (SSSR count). The number of hydrogen-bond acceptors (Lipinski definition) is 0. The molecular formula is C35H24. The zero-order chi connectivity index (χ0) is 23.2. The maximum absolute atomic E-state index is 2.41. The Morgan fingerprint density at radius 2 is 1.06 bits per heavy atom. The maximum Gasteiger partial charge on any atom is -0.000728 e. The lowest BCUT2D eigenvalue weighted by molar-refractivity contribution is 1.23. The molecule has 0 nitrogen and oxygen atoms in total. The Balaban J connectivity index is 1.56. The predicted octanol–water partition coefficient (Wildman–Crippen LogP) is 7.22. The average molecular weight is 445 g/mol. The Hall–Kier alpha value is -4.42. The van der Waals surface area contributed by atoms with E-state index in [4.69, 9.17) is 0 Å². The van der Waals surface area contributed by atoms with Gasteiger partial charge in [0.25, 0.3) is 0 Å². The van der Waals surface area contributed by atoms with Crippen LogP contribution in [0.5, 0.6) is 0 Å². The van der Waals surface area contributed by atoms with Gasteiger partial charge in [0.2, 0.25) is 0 Å². The van der Waals surface area contributed by atoms with Crippen molar-refractivity contribution in [1.82, 2.24) is 0 Å². The van der Waals surface area contributed by atoms with Gasteiger partial charge in [-0.1, -0.05) is 121 Å². The molecule has 35 heavy (non-hydrogen) atoms. The van der Waals surface area contributed by atoms with E-state index in [0.717, 1.165) is 6.42 Å². The smallest absolute Gasteiger partial charge is 0.000728 e. The first kappa shape index (κ1) is 20.0. The second kappa shape index (κ2) is 8.11. The lowest BCUT2D eigenvalue weighted by Crippen LogP contribution is -2.28. The van der Waals surface area contributed by atoms with E-state index >= 15 is 0 Å². The summed E-state index contributed by atoms with van der Waals surface area (Å²) in [6.07, 6.45) is 5.74. The summed E-state index contributed by atoms with van der Waals surface area (Å²) in [6, 6.07) is 44.0. The van der Waals surface area contributed by atoms with E-state index in [9.17, 15) is 0 Å². The summed E-state index contributed by atoms with van der Waals surface area (Å²) >= 11 is 0. The highest BCUT2D eigenvalue weighted by Gasteiger charge is 2.19. The molecular weight excluding hydrogens is 420 g/mol. The molecule has 0 saturated carbocycles. The fourth-order valence-corrected chi connectivity index (χ4v) is 5.63. The van der Waals surface area contributed by atoms with Crippen molar-refractivity contribution >= 4 is 33.7 Å². The molecule has 0 N–H and O–H groups in total. The van der Waals surface area contributed by atoms with E-state index in [2.05, 4.69) is 133 Å². The minimum atomic E-state index is 0.972. The molecule has 1 aliphatic rings. The Bertz CT molecular complexity index is 1860. The summed E-state index contributed by atoms with van der Waals surface area (Å²) in [4.78, 5) is 0. The molecule has 6 aromatic carbocycles. The van der Waals surface area contributed by atoms with Crippen LogP contribution in [0.1, 0.15) is 22.3 Å². The predicted molar refractivity (Wildman–Crippen MR) is 149 cm³/mol. The first-order valence-corrected chi connectivity index (χ1v) is 12.2. The molecule has 0 aliphatic heterocycles. The van der Waals surface area contributed by atoms with Crippen LogP contribution in [-0.4, -0.2) is 0 Å². The van der Waals surface area contributed by atoms with Gasteiger partial charge in [0.1, 0.15) is 0 Å². The van der Waals surface area contributed by atoms with E-state index in [1.54, 1.807) is 0 Å². The van der Waals surface area contributed by atoms with Crippen LogP contribution in [0.4, 0.5) is 0 Å². The Morgan fingerprint density at radius 3 is 1.80 bits per heavy atom. The third kappa shape index (κ3) is 3.38. The summed E-state index contributed by atoms with van der Waals surface area (Å²) in [5, 5.41) is 7.71. The quantitative estimate of drug-likeness (QED) is 0.264. The number of fused-ring (bicyclic) bond motifs is 5. The van der Waals surface area contributed by atoms with Crippen molar-refractivity contribution in [2.75, 3.05) is 0 Å². The van der Waals surface area contributed by atoms with Gasteiger partial charge in [0, 0.05) is 0 Å². The van der Waals surface area contributed by atoms with Gasteiger partial charge in [-0.05, 0) is 83.9 Å². The average Bonchev–Trinajstić information content (AvgIpc) is 3.29. The SMILES string of the molecule is C(c1cccc2ccccc12)=c1ccc2c(c1=Cc1cccc3ccccc13)Cc1ccccc1-2. The molecule has 0 heteroatoms. The van der Waals surface area contributed by atoms with Crippen molar-refractivity contribution < 1.29 is 0 Å². The lowest BCUT2D eigenvalue weighted by atomic mass is 9.97. The van der Waals surface area contributed by atoms with E-state index in [1.165, 1.54) is 65.4 Å². The van der Waals surface area contributed by atoms with Crippen LogP contribution in [0.2, 0.25) is 0 Å². The normalized spacial score (nSPS) is 13.4.